The van der Waals surface area contributed by atoms with Crippen LogP contribution in [0.3, 0.4) is 0 Å². The number of carbonyl (C=O) groups is 2. The summed E-state index contributed by atoms with van der Waals surface area (Å²) in [5, 5.41) is 2.79. The molecule has 1 N–H and O–H groups in total. The molecule has 0 unspecified atom stereocenters. The minimum Gasteiger partial charge on any atom is -0.325 e. The molecule has 2 amide bonds. The molecule has 0 atom stereocenters. The van der Waals surface area contributed by atoms with Gasteiger partial charge in [-0.2, -0.15) is 0 Å². The Balaban J connectivity index is 1.69. The number of rotatable bonds is 6. The van der Waals surface area contributed by atoms with Gasteiger partial charge in [-0.3, -0.25) is 9.59 Å². The molecule has 1 aliphatic rings. The summed E-state index contributed by atoms with van der Waals surface area (Å²) in [6.07, 6.45) is -0.107. The standard InChI is InChI=1S/C18H18N2O4S2/c1-2-25-15-9-5-4-8-14(15)19-17(21)11-12-20-18(22)13-7-3-6-10-16(13)26(20,23)24/h3-10H,2,11-12H2,1H3,(H,19,21). The van der Waals surface area contributed by atoms with Crippen LogP contribution in [0.15, 0.2) is 58.3 Å². The van der Waals surface area contributed by atoms with Crippen LogP contribution in [0.2, 0.25) is 0 Å². The number of nitrogens with zero attached hydrogens (tertiary/aromatic N) is 1. The van der Waals surface area contributed by atoms with Crippen molar-refractivity contribution in [3.63, 3.8) is 0 Å². The van der Waals surface area contributed by atoms with Gasteiger partial charge in [0.15, 0.2) is 0 Å². The fourth-order valence-electron chi connectivity index (χ4n) is 2.72. The van der Waals surface area contributed by atoms with Gasteiger partial charge in [-0.1, -0.05) is 31.2 Å². The smallest absolute Gasteiger partial charge is 0.269 e. The lowest BCUT2D eigenvalue weighted by Crippen LogP contribution is -2.33. The Morgan fingerprint density at radius 1 is 1.12 bits per heavy atom. The van der Waals surface area contributed by atoms with Gasteiger partial charge in [0.1, 0.15) is 4.90 Å². The van der Waals surface area contributed by atoms with Crippen LogP contribution < -0.4 is 5.32 Å². The van der Waals surface area contributed by atoms with Crippen LogP contribution in [0.4, 0.5) is 5.69 Å². The molecule has 0 aromatic heterocycles. The van der Waals surface area contributed by atoms with Crippen LogP contribution >= 0.6 is 11.8 Å². The number of anilines is 1. The Labute approximate surface area is 156 Å². The maximum atomic E-state index is 12.5. The van der Waals surface area contributed by atoms with Crippen molar-refractivity contribution in [2.45, 2.75) is 23.1 Å². The van der Waals surface area contributed by atoms with E-state index in [4.69, 9.17) is 0 Å². The maximum absolute atomic E-state index is 12.5. The number of hydrogen-bond donors (Lipinski definition) is 1. The number of sulfonamides is 1. The highest BCUT2D eigenvalue weighted by atomic mass is 32.2. The van der Waals surface area contributed by atoms with E-state index in [1.807, 2.05) is 25.1 Å². The summed E-state index contributed by atoms with van der Waals surface area (Å²) in [7, 11) is -3.88. The first-order chi connectivity index (χ1) is 12.4. The molecule has 0 fully saturated rings. The normalized spacial score (nSPS) is 15.0. The van der Waals surface area contributed by atoms with Gasteiger partial charge in [-0.05, 0) is 30.0 Å². The van der Waals surface area contributed by atoms with Gasteiger partial charge < -0.3 is 5.32 Å². The van der Waals surface area contributed by atoms with Crippen LogP contribution in [-0.2, 0) is 14.8 Å². The molecule has 3 rings (SSSR count). The molecule has 1 aliphatic heterocycles. The molecule has 6 nitrogen and oxygen atoms in total. The van der Waals surface area contributed by atoms with Gasteiger partial charge in [0, 0.05) is 17.9 Å². The van der Waals surface area contributed by atoms with Crippen LogP contribution in [0.1, 0.15) is 23.7 Å². The summed E-state index contributed by atoms with van der Waals surface area (Å²) in [6, 6.07) is 13.5. The predicted octanol–water partition coefficient (Wildman–Crippen LogP) is 2.97. The number of amides is 2. The van der Waals surface area contributed by atoms with Gasteiger partial charge >= 0.3 is 0 Å². The molecule has 2 aromatic carbocycles. The highest BCUT2D eigenvalue weighted by Crippen LogP contribution is 2.30. The molecule has 0 spiro atoms. The highest BCUT2D eigenvalue weighted by molar-refractivity contribution is 7.99. The number of fused-ring (bicyclic) bond motifs is 1. The Morgan fingerprint density at radius 3 is 2.54 bits per heavy atom. The van der Waals surface area contributed by atoms with Crippen molar-refractivity contribution in [1.29, 1.82) is 0 Å². The zero-order valence-corrected chi connectivity index (χ0v) is 15.8. The van der Waals surface area contributed by atoms with E-state index >= 15 is 0 Å². The van der Waals surface area contributed by atoms with E-state index in [0.717, 1.165) is 15.0 Å². The van der Waals surface area contributed by atoms with Crippen molar-refractivity contribution in [2.24, 2.45) is 0 Å². The van der Waals surface area contributed by atoms with Crippen LogP contribution in [0.5, 0.6) is 0 Å². The van der Waals surface area contributed by atoms with Gasteiger partial charge in [0.25, 0.3) is 15.9 Å². The van der Waals surface area contributed by atoms with E-state index in [1.165, 1.54) is 12.1 Å². The van der Waals surface area contributed by atoms with E-state index in [-0.39, 0.29) is 29.3 Å². The minimum absolute atomic E-state index is 0.00454. The number of nitrogens with one attached hydrogen (secondary N) is 1. The third-order valence-electron chi connectivity index (χ3n) is 3.91. The third-order valence-corrected chi connectivity index (χ3v) is 6.71. The topological polar surface area (TPSA) is 83.6 Å². The average Bonchev–Trinajstić information content (AvgIpc) is 2.82. The average molecular weight is 390 g/mol. The molecule has 0 saturated carbocycles. The highest BCUT2D eigenvalue weighted by Gasteiger charge is 2.40. The summed E-state index contributed by atoms with van der Waals surface area (Å²) < 4.78 is 25.7. The zero-order valence-electron chi connectivity index (χ0n) is 14.1. The summed E-state index contributed by atoms with van der Waals surface area (Å²) >= 11 is 1.60. The van der Waals surface area contributed by atoms with E-state index in [2.05, 4.69) is 5.32 Å². The number of para-hydroxylation sites is 1. The first-order valence-electron chi connectivity index (χ1n) is 8.13. The van der Waals surface area contributed by atoms with Crippen molar-refractivity contribution in [2.75, 3.05) is 17.6 Å². The van der Waals surface area contributed by atoms with Gasteiger partial charge in [-0.25, -0.2) is 12.7 Å². The predicted molar refractivity (Wildman–Crippen MR) is 101 cm³/mol. The van der Waals surface area contributed by atoms with E-state index in [9.17, 15) is 18.0 Å². The Bertz CT molecular complexity index is 957. The van der Waals surface area contributed by atoms with Crippen LogP contribution in [-0.4, -0.2) is 36.8 Å². The Hall–Kier alpha value is -2.32. The van der Waals surface area contributed by atoms with E-state index < -0.39 is 15.9 Å². The fourth-order valence-corrected chi connectivity index (χ4v) is 5.05. The third kappa shape index (κ3) is 3.47. The molecule has 2 aromatic rings. The lowest BCUT2D eigenvalue weighted by molar-refractivity contribution is -0.116. The van der Waals surface area contributed by atoms with Crippen molar-refractivity contribution < 1.29 is 18.0 Å². The van der Waals surface area contributed by atoms with Gasteiger partial charge in [0.2, 0.25) is 5.91 Å². The maximum Gasteiger partial charge on any atom is 0.269 e. The Kier molecular flexibility index (Phi) is 5.33. The number of hydrogen-bond acceptors (Lipinski definition) is 5. The van der Waals surface area contributed by atoms with Gasteiger partial charge in [-0.15, -0.1) is 11.8 Å². The zero-order chi connectivity index (χ0) is 18.7. The largest absolute Gasteiger partial charge is 0.325 e. The fraction of sp³-hybridized carbons (Fsp3) is 0.222. The molecular weight excluding hydrogens is 372 g/mol. The summed E-state index contributed by atoms with van der Waals surface area (Å²) in [5.74, 6) is -0.0606. The molecule has 1 heterocycles. The lowest BCUT2D eigenvalue weighted by atomic mass is 10.2. The van der Waals surface area contributed by atoms with Crippen molar-refractivity contribution >= 4 is 39.3 Å². The molecule has 0 saturated heterocycles. The van der Waals surface area contributed by atoms with Crippen molar-refractivity contribution in [3.05, 3.63) is 54.1 Å². The number of benzene rings is 2. The van der Waals surface area contributed by atoms with Gasteiger partial charge in [0.05, 0.1) is 11.3 Å². The first kappa shape index (κ1) is 18.5. The van der Waals surface area contributed by atoms with E-state index in [0.29, 0.717) is 5.69 Å². The molecule has 8 heteroatoms. The summed E-state index contributed by atoms with van der Waals surface area (Å²) in [5.41, 5.74) is 0.834. The molecule has 0 bridgehead atoms. The summed E-state index contributed by atoms with van der Waals surface area (Å²) in [6.45, 7) is 1.83. The van der Waals surface area contributed by atoms with E-state index in [1.54, 1.807) is 30.0 Å². The second kappa shape index (κ2) is 7.51. The lowest BCUT2D eigenvalue weighted by Gasteiger charge is -2.15. The Morgan fingerprint density at radius 2 is 1.81 bits per heavy atom. The first-order valence-corrected chi connectivity index (χ1v) is 10.6. The van der Waals surface area contributed by atoms with Crippen molar-refractivity contribution in [1.82, 2.24) is 4.31 Å². The van der Waals surface area contributed by atoms with Crippen molar-refractivity contribution in [3.8, 4) is 0 Å². The number of thioether (sulfide) groups is 1. The molecule has 0 aliphatic carbocycles. The monoisotopic (exact) mass is 390 g/mol. The molecule has 136 valence electrons. The summed E-state index contributed by atoms with van der Waals surface area (Å²) in [4.78, 5) is 25.5. The minimum atomic E-state index is -3.88. The number of carbonyl (C=O) groups excluding carboxylic acids is 2. The van der Waals surface area contributed by atoms with Crippen LogP contribution in [0, 0.1) is 0 Å². The molecule has 0 radical (unpaired) electrons. The quantitative estimate of drug-likeness (QED) is 0.767. The second-order valence-electron chi connectivity index (χ2n) is 5.61. The molecule has 26 heavy (non-hydrogen) atoms. The van der Waals surface area contributed by atoms with Crippen LogP contribution in [0.25, 0.3) is 0 Å². The second-order valence-corrected chi connectivity index (χ2v) is 8.74. The molecular formula is C18H18N2O4S2. The SMILES string of the molecule is CCSc1ccccc1NC(=O)CCN1C(=O)c2ccccc2S1(=O)=O.